The smallest absolute Gasteiger partial charge is 0.224 e. The topological polar surface area (TPSA) is 107 Å². The molecule has 0 saturated heterocycles. The number of anilines is 1. The monoisotopic (exact) mass is 355 g/mol. The third-order valence-electron chi connectivity index (χ3n) is 4.18. The van der Waals surface area contributed by atoms with E-state index < -0.39 is 5.91 Å². The van der Waals surface area contributed by atoms with Crippen molar-refractivity contribution >= 4 is 29.9 Å². The number of halogens is 1. The van der Waals surface area contributed by atoms with Crippen LogP contribution >= 0.6 is 12.4 Å². The van der Waals surface area contributed by atoms with Crippen LogP contribution in [0.25, 0.3) is 0 Å². The summed E-state index contributed by atoms with van der Waals surface area (Å²) in [6, 6.07) is 7.27. The number of rotatable bonds is 7. The van der Waals surface area contributed by atoms with E-state index in [0.29, 0.717) is 17.9 Å². The predicted molar refractivity (Wildman–Crippen MR) is 96.2 cm³/mol. The lowest BCUT2D eigenvalue weighted by Gasteiger charge is -2.28. The Morgan fingerprint density at radius 3 is 2.62 bits per heavy atom. The molecular formula is C17H26ClN3O3. The second kappa shape index (κ2) is 10.2. The molecular weight excluding hydrogens is 330 g/mol. The number of hydrogen-bond donors (Lipinski definition) is 3. The van der Waals surface area contributed by atoms with Gasteiger partial charge in [-0.15, -0.1) is 12.4 Å². The molecule has 2 unspecified atom stereocenters. The highest BCUT2D eigenvalue weighted by atomic mass is 35.5. The third kappa shape index (κ3) is 6.37. The summed E-state index contributed by atoms with van der Waals surface area (Å²) in [7, 11) is 0. The zero-order chi connectivity index (χ0) is 16.7. The molecule has 0 bridgehead atoms. The summed E-state index contributed by atoms with van der Waals surface area (Å²) in [5, 5.41) is 2.88. The molecule has 6 nitrogen and oxygen atoms in total. The number of para-hydroxylation sites is 2. The second-order valence-corrected chi connectivity index (χ2v) is 6.02. The Hall–Kier alpha value is -1.79. The van der Waals surface area contributed by atoms with Crippen LogP contribution in [0.3, 0.4) is 0 Å². The molecule has 2 rings (SSSR count). The lowest BCUT2D eigenvalue weighted by Crippen LogP contribution is -2.35. The van der Waals surface area contributed by atoms with Gasteiger partial charge in [0.15, 0.2) is 0 Å². The van der Waals surface area contributed by atoms with Crippen molar-refractivity contribution < 1.29 is 14.3 Å². The minimum atomic E-state index is -0.419. The molecule has 2 amide bonds. The van der Waals surface area contributed by atoms with Gasteiger partial charge in [0.05, 0.1) is 18.7 Å². The Labute approximate surface area is 148 Å². The molecule has 0 radical (unpaired) electrons. The Balaban J connectivity index is 0.00000288. The molecule has 24 heavy (non-hydrogen) atoms. The fraction of sp³-hybridized carbons (Fsp3) is 0.529. The lowest BCUT2D eigenvalue weighted by atomic mass is 9.83. The van der Waals surface area contributed by atoms with Crippen molar-refractivity contribution in [2.45, 2.75) is 44.6 Å². The molecule has 0 heterocycles. The summed E-state index contributed by atoms with van der Waals surface area (Å²) < 4.78 is 5.52. The first-order chi connectivity index (χ1) is 11.1. The molecule has 7 heteroatoms. The first-order valence-electron chi connectivity index (χ1n) is 8.12. The second-order valence-electron chi connectivity index (χ2n) is 6.02. The van der Waals surface area contributed by atoms with Crippen molar-refractivity contribution in [2.75, 3.05) is 11.9 Å². The van der Waals surface area contributed by atoms with Gasteiger partial charge >= 0.3 is 0 Å². The van der Waals surface area contributed by atoms with Crippen LogP contribution in [-0.2, 0) is 9.59 Å². The molecule has 1 aromatic rings. The van der Waals surface area contributed by atoms with E-state index >= 15 is 0 Å². The number of nitrogens with one attached hydrogen (secondary N) is 1. The standard InChI is InChI=1S/C17H25N3O3.ClH/c18-13-6-2-1-5-12(13)11-17(22)20-14-7-3-4-8-15(14)23-10-9-16(19)21;/h3-4,7-8,12-13H,1-2,5-6,9-11,18H2,(H2,19,21)(H,20,22);1H. The van der Waals surface area contributed by atoms with Gasteiger partial charge in [0.2, 0.25) is 11.8 Å². The van der Waals surface area contributed by atoms with E-state index in [1.807, 2.05) is 12.1 Å². The normalized spacial score (nSPS) is 19.9. The van der Waals surface area contributed by atoms with Crippen LogP contribution in [-0.4, -0.2) is 24.5 Å². The van der Waals surface area contributed by atoms with Crippen molar-refractivity contribution in [3.8, 4) is 5.75 Å². The zero-order valence-electron chi connectivity index (χ0n) is 13.7. The predicted octanol–water partition coefficient (Wildman–Crippen LogP) is 2.21. The van der Waals surface area contributed by atoms with E-state index in [1.165, 1.54) is 0 Å². The van der Waals surface area contributed by atoms with Gasteiger partial charge in [-0.3, -0.25) is 9.59 Å². The Kier molecular flexibility index (Phi) is 8.57. The highest BCUT2D eigenvalue weighted by molar-refractivity contribution is 5.92. The van der Waals surface area contributed by atoms with Crippen molar-refractivity contribution in [1.29, 1.82) is 0 Å². The summed E-state index contributed by atoms with van der Waals surface area (Å²) in [6.45, 7) is 0.190. The first-order valence-corrected chi connectivity index (χ1v) is 8.12. The summed E-state index contributed by atoms with van der Waals surface area (Å²) in [4.78, 5) is 23.0. The number of nitrogens with two attached hydrogens (primary N) is 2. The molecule has 1 aromatic carbocycles. The number of ether oxygens (including phenoxy) is 1. The Bertz CT molecular complexity index is 554. The highest BCUT2D eigenvalue weighted by Gasteiger charge is 2.24. The van der Waals surface area contributed by atoms with Gasteiger partial charge in [0.25, 0.3) is 0 Å². The van der Waals surface area contributed by atoms with Gasteiger partial charge < -0.3 is 21.5 Å². The number of carbonyl (C=O) groups excluding carboxylic acids is 2. The number of carbonyl (C=O) groups is 2. The fourth-order valence-corrected chi connectivity index (χ4v) is 2.89. The minimum absolute atomic E-state index is 0. The average molecular weight is 356 g/mol. The Morgan fingerprint density at radius 1 is 1.21 bits per heavy atom. The molecule has 5 N–H and O–H groups in total. The van der Waals surface area contributed by atoms with Crippen LogP contribution in [0.5, 0.6) is 5.75 Å². The van der Waals surface area contributed by atoms with Crippen LogP contribution in [0.4, 0.5) is 5.69 Å². The molecule has 0 aliphatic heterocycles. The van der Waals surface area contributed by atoms with E-state index in [9.17, 15) is 9.59 Å². The van der Waals surface area contributed by atoms with E-state index in [-0.39, 0.29) is 43.3 Å². The number of primary amides is 1. The van der Waals surface area contributed by atoms with Gasteiger partial charge in [-0.05, 0) is 30.9 Å². The maximum atomic E-state index is 12.3. The van der Waals surface area contributed by atoms with Crippen LogP contribution in [0.2, 0.25) is 0 Å². The summed E-state index contributed by atoms with van der Waals surface area (Å²) in [6.07, 6.45) is 4.85. The quantitative estimate of drug-likeness (QED) is 0.696. The van der Waals surface area contributed by atoms with E-state index in [1.54, 1.807) is 12.1 Å². The van der Waals surface area contributed by atoms with Gasteiger partial charge in [-0.1, -0.05) is 25.0 Å². The van der Waals surface area contributed by atoms with Crippen LogP contribution in [0.15, 0.2) is 24.3 Å². The van der Waals surface area contributed by atoms with Crippen LogP contribution < -0.4 is 21.5 Å². The van der Waals surface area contributed by atoms with Crippen LogP contribution in [0, 0.1) is 5.92 Å². The summed E-state index contributed by atoms with van der Waals surface area (Å²) in [5.74, 6) is 0.304. The maximum Gasteiger partial charge on any atom is 0.224 e. The van der Waals surface area contributed by atoms with E-state index in [2.05, 4.69) is 5.32 Å². The van der Waals surface area contributed by atoms with Crippen molar-refractivity contribution in [1.82, 2.24) is 0 Å². The van der Waals surface area contributed by atoms with Gasteiger partial charge in [-0.2, -0.15) is 0 Å². The van der Waals surface area contributed by atoms with Gasteiger partial charge in [0.1, 0.15) is 5.75 Å². The summed E-state index contributed by atoms with van der Waals surface area (Å²) >= 11 is 0. The number of amides is 2. The van der Waals surface area contributed by atoms with Gasteiger partial charge in [-0.25, -0.2) is 0 Å². The lowest BCUT2D eigenvalue weighted by molar-refractivity contribution is -0.119. The summed E-state index contributed by atoms with van der Waals surface area (Å²) in [5.41, 5.74) is 11.8. The maximum absolute atomic E-state index is 12.3. The minimum Gasteiger partial charge on any atom is -0.491 e. The number of hydrogen-bond acceptors (Lipinski definition) is 4. The van der Waals surface area contributed by atoms with Crippen molar-refractivity contribution in [2.24, 2.45) is 17.4 Å². The van der Waals surface area contributed by atoms with Crippen molar-refractivity contribution in [3.63, 3.8) is 0 Å². The van der Waals surface area contributed by atoms with E-state index in [4.69, 9.17) is 16.2 Å². The van der Waals surface area contributed by atoms with E-state index in [0.717, 1.165) is 25.7 Å². The average Bonchev–Trinajstić information content (AvgIpc) is 2.51. The third-order valence-corrected chi connectivity index (χ3v) is 4.18. The molecule has 1 fully saturated rings. The Morgan fingerprint density at radius 2 is 1.92 bits per heavy atom. The molecule has 1 saturated carbocycles. The van der Waals surface area contributed by atoms with Gasteiger partial charge in [0, 0.05) is 12.5 Å². The fourth-order valence-electron chi connectivity index (χ4n) is 2.89. The first kappa shape index (κ1) is 20.3. The zero-order valence-corrected chi connectivity index (χ0v) is 14.5. The molecule has 0 spiro atoms. The highest BCUT2D eigenvalue weighted by Crippen LogP contribution is 2.28. The molecule has 2 atom stereocenters. The molecule has 134 valence electrons. The SMILES string of the molecule is Cl.NC(=O)CCOc1ccccc1NC(=O)CC1CCCCC1N. The molecule has 1 aliphatic carbocycles. The molecule has 0 aromatic heterocycles. The van der Waals surface area contributed by atoms with Crippen molar-refractivity contribution in [3.05, 3.63) is 24.3 Å². The number of benzene rings is 1. The molecule has 1 aliphatic rings. The largest absolute Gasteiger partial charge is 0.491 e. The van der Waals surface area contributed by atoms with Crippen LogP contribution in [0.1, 0.15) is 38.5 Å².